The van der Waals surface area contributed by atoms with Crippen LogP contribution in [0, 0.1) is 0 Å². The third-order valence-corrected chi connectivity index (χ3v) is 3.22. The lowest BCUT2D eigenvalue weighted by Gasteiger charge is -1.98. The smallest absolute Gasteiger partial charge is 0.159 e. The Kier molecular flexibility index (Phi) is 2.60. The number of nitrogens with one attached hydrogen (secondary N) is 1. The second kappa shape index (κ2) is 4.28. The fraction of sp³-hybridized carbons (Fsp3) is 0.0625. The average molecular weight is 250 g/mol. The van der Waals surface area contributed by atoms with Gasteiger partial charge in [0.1, 0.15) is 0 Å². The van der Waals surface area contributed by atoms with Crippen LogP contribution in [-0.4, -0.2) is 10.8 Å². The molecule has 0 spiro atoms. The molecule has 0 radical (unpaired) electrons. The Morgan fingerprint density at radius 2 is 1.95 bits per heavy atom. The highest BCUT2D eigenvalue weighted by Crippen LogP contribution is 2.26. The van der Waals surface area contributed by atoms with Gasteiger partial charge in [0.15, 0.2) is 5.78 Å². The molecule has 19 heavy (non-hydrogen) atoms. The fourth-order valence-electron chi connectivity index (χ4n) is 2.21. The van der Waals surface area contributed by atoms with Crippen molar-refractivity contribution < 1.29 is 4.79 Å². The Balaban J connectivity index is 2.14. The van der Waals surface area contributed by atoms with Crippen LogP contribution < -0.4 is 5.73 Å². The van der Waals surface area contributed by atoms with Crippen molar-refractivity contribution in [1.82, 2.24) is 4.98 Å². The Labute approximate surface area is 111 Å². The third-order valence-electron chi connectivity index (χ3n) is 3.22. The average Bonchev–Trinajstić information content (AvgIpc) is 2.81. The molecule has 1 aromatic heterocycles. The molecule has 3 aromatic rings. The molecule has 1 heterocycles. The monoisotopic (exact) mass is 250 g/mol. The topological polar surface area (TPSA) is 58.9 Å². The number of aromatic nitrogens is 1. The van der Waals surface area contributed by atoms with Crippen LogP contribution in [0.5, 0.6) is 0 Å². The van der Waals surface area contributed by atoms with Crippen molar-refractivity contribution in [2.45, 2.75) is 6.92 Å². The lowest BCUT2D eigenvalue weighted by molar-refractivity contribution is 0.101. The SMILES string of the molecule is CC(=O)c1ccc2[nH]c(-c3cccc(N)c3)cc2c1. The summed E-state index contributed by atoms with van der Waals surface area (Å²) in [5, 5.41) is 1.03. The van der Waals surface area contributed by atoms with Crippen molar-refractivity contribution in [2.75, 3.05) is 5.73 Å². The molecule has 3 heteroatoms. The number of fused-ring (bicyclic) bond motifs is 1. The molecule has 0 fully saturated rings. The number of aromatic amines is 1. The quantitative estimate of drug-likeness (QED) is 0.539. The van der Waals surface area contributed by atoms with Crippen LogP contribution in [-0.2, 0) is 0 Å². The number of benzene rings is 2. The Morgan fingerprint density at radius 1 is 1.11 bits per heavy atom. The van der Waals surface area contributed by atoms with E-state index in [2.05, 4.69) is 4.98 Å². The number of hydrogen-bond acceptors (Lipinski definition) is 2. The molecule has 0 aliphatic carbocycles. The van der Waals surface area contributed by atoms with Gasteiger partial charge in [-0.25, -0.2) is 0 Å². The molecule has 3 nitrogen and oxygen atoms in total. The molecular formula is C16H14N2O. The Morgan fingerprint density at radius 3 is 2.68 bits per heavy atom. The molecule has 94 valence electrons. The molecule has 0 aliphatic rings. The highest BCUT2D eigenvalue weighted by molar-refractivity contribution is 5.98. The van der Waals surface area contributed by atoms with Crippen LogP contribution in [0.15, 0.2) is 48.5 Å². The second-order valence-electron chi connectivity index (χ2n) is 4.67. The predicted octanol–water partition coefficient (Wildman–Crippen LogP) is 3.62. The van der Waals surface area contributed by atoms with Crippen LogP contribution in [0.3, 0.4) is 0 Å². The number of hydrogen-bond donors (Lipinski definition) is 2. The number of nitrogens with two attached hydrogens (primary N) is 1. The first-order valence-corrected chi connectivity index (χ1v) is 6.13. The van der Waals surface area contributed by atoms with Crippen LogP contribution >= 0.6 is 0 Å². The van der Waals surface area contributed by atoms with Gasteiger partial charge in [-0.1, -0.05) is 12.1 Å². The first-order chi connectivity index (χ1) is 9.13. The third kappa shape index (κ3) is 2.10. The summed E-state index contributed by atoms with van der Waals surface area (Å²) in [7, 11) is 0. The summed E-state index contributed by atoms with van der Waals surface area (Å²) in [4.78, 5) is 14.7. The van der Waals surface area contributed by atoms with Crippen LogP contribution in [0.25, 0.3) is 22.2 Å². The standard InChI is InChI=1S/C16H14N2O/c1-10(19)11-5-6-15-13(7-11)9-16(18-15)12-3-2-4-14(17)8-12/h2-9,18H,17H2,1H3. The summed E-state index contributed by atoms with van der Waals surface area (Å²) in [5.74, 6) is 0.0774. The normalized spacial score (nSPS) is 10.8. The molecule has 3 rings (SSSR count). The van der Waals surface area contributed by atoms with E-state index < -0.39 is 0 Å². The van der Waals surface area contributed by atoms with E-state index in [0.717, 1.165) is 33.4 Å². The van der Waals surface area contributed by atoms with Gasteiger partial charge < -0.3 is 10.7 Å². The summed E-state index contributed by atoms with van der Waals surface area (Å²) in [6.45, 7) is 1.58. The van der Waals surface area contributed by atoms with Gasteiger partial charge in [0.2, 0.25) is 0 Å². The van der Waals surface area contributed by atoms with Crippen LogP contribution in [0.4, 0.5) is 5.69 Å². The van der Waals surface area contributed by atoms with E-state index in [0.29, 0.717) is 0 Å². The molecule has 2 aromatic carbocycles. The predicted molar refractivity (Wildman–Crippen MR) is 78.2 cm³/mol. The first kappa shape index (κ1) is 11.5. The van der Waals surface area contributed by atoms with Gasteiger partial charge in [-0.2, -0.15) is 0 Å². The molecule has 0 unspecified atom stereocenters. The molecule has 0 amide bonds. The summed E-state index contributed by atoms with van der Waals surface area (Å²) in [6.07, 6.45) is 0. The van der Waals surface area contributed by atoms with E-state index in [1.165, 1.54) is 0 Å². The van der Waals surface area contributed by atoms with E-state index >= 15 is 0 Å². The van der Waals surface area contributed by atoms with Crippen molar-refractivity contribution in [1.29, 1.82) is 0 Å². The maximum absolute atomic E-state index is 11.4. The zero-order valence-electron chi connectivity index (χ0n) is 10.6. The lowest BCUT2D eigenvalue weighted by atomic mass is 10.1. The van der Waals surface area contributed by atoms with E-state index in [1.807, 2.05) is 48.5 Å². The zero-order valence-corrected chi connectivity index (χ0v) is 10.6. The van der Waals surface area contributed by atoms with Gasteiger partial charge in [-0.3, -0.25) is 4.79 Å². The molecule has 0 aliphatic heterocycles. The zero-order chi connectivity index (χ0) is 13.4. The van der Waals surface area contributed by atoms with Crippen molar-refractivity contribution in [3.63, 3.8) is 0 Å². The van der Waals surface area contributed by atoms with Crippen molar-refractivity contribution in [3.8, 4) is 11.3 Å². The lowest BCUT2D eigenvalue weighted by Crippen LogP contribution is -1.89. The number of ketones is 1. The van der Waals surface area contributed by atoms with Gasteiger partial charge in [-0.05, 0) is 48.9 Å². The number of anilines is 1. The highest BCUT2D eigenvalue weighted by atomic mass is 16.1. The van der Waals surface area contributed by atoms with Gasteiger partial charge in [0.25, 0.3) is 0 Å². The van der Waals surface area contributed by atoms with E-state index in [-0.39, 0.29) is 5.78 Å². The van der Waals surface area contributed by atoms with Gasteiger partial charge >= 0.3 is 0 Å². The molecular weight excluding hydrogens is 236 g/mol. The van der Waals surface area contributed by atoms with Crippen molar-refractivity contribution in [3.05, 3.63) is 54.1 Å². The van der Waals surface area contributed by atoms with Gasteiger partial charge in [0, 0.05) is 27.8 Å². The van der Waals surface area contributed by atoms with E-state index in [9.17, 15) is 4.79 Å². The van der Waals surface area contributed by atoms with Gasteiger partial charge in [0.05, 0.1) is 0 Å². The number of H-pyrrole nitrogens is 1. The molecule has 0 saturated heterocycles. The van der Waals surface area contributed by atoms with Crippen molar-refractivity contribution >= 4 is 22.4 Å². The molecule has 3 N–H and O–H groups in total. The van der Waals surface area contributed by atoms with Crippen LogP contribution in [0.1, 0.15) is 17.3 Å². The fourth-order valence-corrected chi connectivity index (χ4v) is 2.21. The molecule has 0 saturated carbocycles. The Bertz CT molecular complexity index is 771. The summed E-state index contributed by atoms with van der Waals surface area (Å²) in [6, 6.07) is 15.4. The highest BCUT2D eigenvalue weighted by Gasteiger charge is 2.06. The first-order valence-electron chi connectivity index (χ1n) is 6.13. The van der Waals surface area contributed by atoms with Crippen LogP contribution in [0.2, 0.25) is 0 Å². The van der Waals surface area contributed by atoms with E-state index in [1.54, 1.807) is 6.92 Å². The second-order valence-corrected chi connectivity index (χ2v) is 4.67. The largest absolute Gasteiger partial charge is 0.399 e. The van der Waals surface area contributed by atoms with Gasteiger partial charge in [-0.15, -0.1) is 0 Å². The molecule has 0 bridgehead atoms. The number of carbonyl (C=O) groups excluding carboxylic acids is 1. The minimum Gasteiger partial charge on any atom is -0.399 e. The maximum atomic E-state index is 11.4. The van der Waals surface area contributed by atoms with E-state index in [4.69, 9.17) is 5.73 Å². The van der Waals surface area contributed by atoms with Crippen molar-refractivity contribution in [2.24, 2.45) is 0 Å². The minimum atomic E-state index is 0.0774. The number of nitrogen functional groups attached to an aromatic ring is 1. The summed E-state index contributed by atoms with van der Waals surface area (Å²) in [5.41, 5.74) is 10.3. The summed E-state index contributed by atoms with van der Waals surface area (Å²) >= 11 is 0. The molecule has 0 atom stereocenters. The number of rotatable bonds is 2. The number of Topliss-reactive ketones (excluding diaryl/α,β-unsaturated/α-hetero) is 1. The maximum Gasteiger partial charge on any atom is 0.159 e. The summed E-state index contributed by atoms with van der Waals surface area (Å²) < 4.78 is 0. The number of carbonyl (C=O) groups is 1. The minimum absolute atomic E-state index is 0.0774. The Hall–Kier alpha value is -2.55.